The second kappa shape index (κ2) is 6.53. The fraction of sp³-hybridized carbons (Fsp3) is 0.438. The number of nitrogens with zero attached hydrogens (tertiary/aromatic N) is 2. The quantitative estimate of drug-likeness (QED) is 0.862. The van der Waals surface area contributed by atoms with Crippen molar-refractivity contribution in [1.82, 2.24) is 14.9 Å². The molecule has 0 spiro atoms. The van der Waals surface area contributed by atoms with Crippen LogP contribution in [0.3, 0.4) is 0 Å². The Balaban J connectivity index is 2.15. The minimum atomic E-state index is 0.324. The maximum Gasteiger partial charge on any atom is 0.108 e. The van der Waals surface area contributed by atoms with Crippen LogP contribution < -0.4 is 5.32 Å². The van der Waals surface area contributed by atoms with Gasteiger partial charge in [0.05, 0.1) is 0 Å². The van der Waals surface area contributed by atoms with Gasteiger partial charge in [0.1, 0.15) is 5.82 Å². The average molecular weight is 257 g/mol. The largest absolute Gasteiger partial charge is 0.333 e. The molecule has 1 atom stereocenters. The number of likely N-dealkylation sites (N-methyl/N-ethyl adjacent to an activating group) is 1. The van der Waals surface area contributed by atoms with Gasteiger partial charge in [-0.3, -0.25) is 0 Å². The first-order valence-corrected chi connectivity index (χ1v) is 7.04. The Kier molecular flexibility index (Phi) is 4.74. The third-order valence-electron chi connectivity index (χ3n) is 3.64. The minimum absolute atomic E-state index is 0.324. The van der Waals surface area contributed by atoms with E-state index in [4.69, 9.17) is 0 Å². The van der Waals surface area contributed by atoms with Crippen molar-refractivity contribution in [3.05, 3.63) is 53.6 Å². The van der Waals surface area contributed by atoms with Crippen LogP contribution in [0.15, 0.2) is 36.7 Å². The van der Waals surface area contributed by atoms with Gasteiger partial charge < -0.3 is 9.88 Å². The van der Waals surface area contributed by atoms with Gasteiger partial charge in [0.2, 0.25) is 0 Å². The molecule has 1 aromatic heterocycles. The highest BCUT2D eigenvalue weighted by Gasteiger charge is 2.11. The van der Waals surface area contributed by atoms with Crippen LogP contribution in [0.1, 0.15) is 36.8 Å². The van der Waals surface area contributed by atoms with Gasteiger partial charge in [-0.15, -0.1) is 0 Å². The minimum Gasteiger partial charge on any atom is -0.333 e. The first-order chi connectivity index (χ1) is 9.28. The van der Waals surface area contributed by atoms with Gasteiger partial charge in [-0.2, -0.15) is 0 Å². The predicted octanol–water partition coefficient (Wildman–Crippen LogP) is 2.97. The van der Waals surface area contributed by atoms with Crippen LogP contribution in [-0.2, 0) is 19.4 Å². The van der Waals surface area contributed by atoms with Crippen LogP contribution >= 0.6 is 0 Å². The molecule has 0 aliphatic carbocycles. The van der Waals surface area contributed by atoms with E-state index >= 15 is 0 Å². The van der Waals surface area contributed by atoms with Crippen LogP contribution in [0.25, 0.3) is 0 Å². The second-order valence-electron chi connectivity index (χ2n) is 4.79. The zero-order chi connectivity index (χ0) is 13.7. The molecule has 3 heteroatoms. The molecule has 19 heavy (non-hydrogen) atoms. The van der Waals surface area contributed by atoms with Gasteiger partial charge in [-0.25, -0.2) is 4.98 Å². The molecule has 1 N–H and O–H groups in total. The van der Waals surface area contributed by atoms with Crippen molar-refractivity contribution in [2.75, 3.05) is 7.05 Å². The summed E-state index contributed by atoms with van der Waals surface area (Å²) < 4.78 is 2.23. The zero-order valence-corrected chi connectivity index (χ0v) is 12.1. The lowest BCUT2D eigenvalue weighted by Gasteiger charge is -2.19. The molecule has 0 aliphatic rings. The lowest BCUT2D eigenvalue weighted by molar-refractivity contribution is 0.489. The van der Waals surface area contributed by atoms with E-state index in [1.54, 1.807) is 0 Å². The van der Waals surface area contributed by atoms with E-state index in [9.17, 15) is 0 Å². The molecule has 102 valence electrons. The zero-order valence-electron chi connectivity index (χ0n) is 12.1. The summed E-state index contributed by atoms with van der Waals surface area (Å²) in [6.07, 6.45) is 6.00. The third-order valence-corrected chi connectivity index (χ3v) is 3.64. The molecule has 0 saturated heterocycles. The molecule has 2 rings (SSSR count). The van der Waals surface area contributed by atoms with Crippen molar-refractivity contribution in [3.8, 4) is 0 Å². The summed E-state index contributed by atoms with van der Waals surface area (Å²) in [4.78, 5) is 4.38. The van der Waals surface area contributed by atoms with E-state index in [2.05, 4.69) is 59.2 Å². The Hall–Kier alpha value is -1.61. The highest BCUT2D eigenvalue weighted by molar-refractivity contribution is 5.25. The number of rotatable bonds is 6. The van der Waals surface area contributed by atoms with Crippen LogP contribution in [0.2, 0.25) is 0 Å². The van der Waals surface area contributed by atoms with Crippen molar-refractivity contribution in [3.63, 3.8) is 0 Å². The molecule has 1 aromatic carbocycles. The van der Waals surface area contributed by atoms with Gasteiger partial charge in [-0.1, -0.05) is 38.1 Å². The summed E-state index contributed by atoms with van der Waals surface area (Å²) in [7, 11) is 2.01. The Bertz CT molecular complexity index is 499. The van der Waals surface area contributed by atoms with Crippen LogP contribution in [-0.4, -0.2) is 16.6 Å². The summed E-state index contributed by atoms with van der Waals surface area (Å²) in [6.45, 7) is 5.25. The number of aryl methyl sites for hydroxylation is 2. The van der Waals surface area contributed by atoms with Gasteiger partial charge in [0, 0.05) is 31.4 Å². The highest BCUT2D eigenvalue weighted by Crippen LogP contribution is 2.17. The van der Waals surface area contributed by atoms with E-state index in [0.29, 0.717) is 6.04 Å². The number of hydrogen-bond acceptors (Lipinski definition) is 2. The van der Waals surface area contributed by atoms with Crippen molar-refractivity contribution in [1.29, 1.82) is 0 Å². The first kappa shape index (κ1) is 13.8. The van der Waals surface area contributed by atoms with Crippen LogP contribution in [0, 0.1) is 0 Å². The Morgan fingerprint density at radius 3 is 2.47 bits per heavy atom. The Labute approximate surface area is 115 Å². The molecule has 1 unspecified atom stereocenters. The lowest BCUT2D eigenvalue weighted by Crippen LogP contribution is -2.22. The molecule has 2 aromatic rings. The monoisotopic (exact) mass is 257 g/mol. The number of imidazole rings is 1. The molecule has 0 radical (unpaired) electrons. The van der Waals surface area contributed by atoms with Gasteiger partial charge in [-0.05, 0) is 24.6 Å². The summed E-state index contributed by atoms with van der Waals surface area (Å²) in [5.41, 5.74) is 2.71. The third kappa shape index (κ3) is 3.24. The fourth-order valence-electron chi connectivity index (χ4n) is 2.37. The summed E-state index contributed by atoms with van der Waals surface area (Å²) in [5, 5.41) is 3.40. The number of aromatic nitrogens is 2. The first-order valence-electron chi connectivity index (χ1n) is 7.04. The summed E-state index contributed by atoms with van der Waals surface area (Å²) in [6, 6.07) is 9.21. The van der Waals surface area contributed by atoms with Gasteiger partial charge in [0.15, 0.2) is 0 Å². The van der Waals surface area contributed by atoms with Crippen molar-refractivity contribution in [2.45, 2.75) is 39.3 Å². The fourth-order valence-corrected chi connectivity index (χ4v) is 2.37. The summed E-state index contributed by atoms with van der Waals surface area (Å²) >= 11 is 0. The van der Waals surface area contributed by atoms with E-state index in [1.807, 2.05) is 13.2 Å². The lowest BCUT2D eigenvalue weighted by atomic mass is 10.0. The SMILES string of the molecule is CCc1ccc(C(Cn2ccnc2CC)NC)cc1. The van der Waals surface area contributed by atoms with Crippen molar-refractivity contribution >= 4 is 0 Å². The molecule has 3 nitrogen and oxygen atoms in total. The number of benzene rings is 1. The smallest absolute Gasteiger partial charge is 0.108 e. The van der Waals surface area contributed by atoms with E-state index in [0.717, 1.165) is 25.2 Å². The van der Waals surface area contributed by atoms with Crippen molar-refractivity contribution in [2.24, 2.45) is 0 Å². The standard InChI is InChI=1S/C16H23N3/c1-4-13-6-8-14(9-7-13)15(17-3)12-19-11-10-18-16(19)5-2/h6-11,15,17H,4-5,12H2,1-3H3. The summed E-state index contributed by atoms with van der Waals surface area (Å²) in [5.74, 6) is 1.14. The predicted molar refractivity (Wildman–Crippen MR) is 79.2 cm³/mol. The normalized spacial score (nSPS) is 12.6. The average Bonchev–Trinajstić information content (AvgIpc) is 2.92. The van der Waals surface area contributed by atoms with Crippen molar-refractivity contribution < 1.29 is 0 Å². The van der Waals surface area contributed by atoms with E-state index < -0.39 is 0 Å². The Morgan fingerprint density at radius 1 is 1.16 bits per heavy atom. The van der Waals surface area contributed by atoms with Crippen LogP contribution in [0.4, 0.5) is 0 Å². The van der Waals surface area contributed by atoms with E-state index in [1.165, 1.54) is 11.1 Å². The van der Waals surface area contributed by atoms with Crippen LogP contribution in [0.5, 0.6) is 0 Å². The molecule has 0 saturated carbocycles. The molecular weight excluding hydrogens is 234 g/mol. The molecule has 0 fully saturated rings. The molecule has 0 amide bonds. The highest BCUT2D eigenvalue weighted by atomic mass is 15.1. The topological polar surface area (TPSA) is 29.9 Å². The number of hydrogen-bond donors (Lipinski definition) is 1. The van der Waals surface area contributed by atoms with Gasteiger partial charge in [0.25, 0.3) is 0 Å². The molecular formula is C16H23N3. The maximum atomic E-state index is 4.38. The second-order valence-corrected chi connectivity index (χ2v) is 4.79. The maximum absolute atomic E-state index is 4.38. The molecule has 0 bridgehead atoms. The molecule has 0 aliphatic heterocycles. The number of nitrogens with one attached hydrogen (secondary N) is 1. The Morgan fingerprint density at radius 2 is 1.89 bits per heavy atom. The van der Waals surface area contributed by atoms with E-state index in [-0.39, 0.29) is 0 Å². The molecule has 1 heterocycles. The van der Waals surface area contributed by atoms with Gasteiger partial charge >= 0.3 is 0 Å².